The van der Waals surface area contributed by atoms with Gasteiger partial charge in [0.05, 0.1) is 21.3 Å². The molecule has 0 radical (unpaired) electrons. The van der Waals surface area contributed by atoms with E-state index in [-0.39, 0.29) is 0 Å². The van der Waals surface area contributed by atoms with Crippen molar-refractivity contribution < 1.29 is 23.7 Å². The first kappa shape index (κ1) is 21.0. The van der Waals surface area contributed by atoms with Crippen LogP contribution in [0.1, 0.15) is 22.3 Å². The minimum Gasteiger partial charge on any atom is -0.497 e. The van der Waals surface area contributed by atoms with Gasteiger partial charge >= 0.3 is 0 Å². The molecule has 0 aromatic heterocycles. The number of fused-ring (bicyclic) bond motifs is 1. The Bertz CT molecular complexity index is 1240. The lowest BCUT2D eigenvalue weighted by Gasteiger charge is -2.19. The van der Waals surface area contributed by atoms with Gasteiger partial charge in [0.25, 0.3) is 0 Å². The average molecular weight is 426 g/mol. The molecule has 5 nitrogen and oxygen atoms in total. The van der Waals surface area contributed by atoms with Crippen molar-refractivity contribution in [3.05, 3.63) is 76.9 Å². The largest absolute Gasteiger partial charge is 0.497 e. The molecule has 0 saturated heterocycles. The minimum absolute atomic E-state index is 0.506. The molecule has 32 heavy (non-hydrogen) atoms. The Morgan fingerprint density at radius 1 is 0.594 bits per heavy atom. The van der Waals surface area contributed by atoms with Crippen LogP contribution < -0.4 is 23.7 Å². The molecule has 0 amide bonds. The zero-order valence-electron chi connectivity index (χ0n) is 18.2. The van der Waals surface area contributed by atoms with Gasteiger partial charge < -0.3 is 23.7 Å². The number of methoxy groups -OCH3 is 3. The number of hydrogen-bond donors (Lipinski definition) is 0. The van der Waals surface area contributed by atoms with Crippen LogP contribution in [0, 0.1) is 23.7 Å². The zero-order chi connectivity index (χ0) is 22.3. The Morgan fingerprint density at radius 2 is 1.16 bits per heavy atom. The Morgan fingerprint density at radius 3 is 1.72 bits per heavy atom. The highest BCUT2D eigenvalue weighted by Crippen LogP contribution is 2.33. The molecule has 0 bridgehead atoms. The Labute approximate surface area is 187 Å². The van der Waals surface area contributed by atoms with E-state index >= 15 is 0 Å². The summed E-state index contributed by atoms with van der Waals surface area (Å²) in [5.41, 5.74) is 3.19. The lowest BCUT2D eigenvalue weighted by atomic mass is 10.0. The van der Waals surface area contributed by atoms with E-state index in [0.717, 1.165) is 28.0 Å². The topological polar surface area (TPSA) is 46.2 Å². The third kappa shape index (κ3) is 4.74. The molecule has 3 aromatic rings. The minimum atomic E-state index is 0.506. The predicted molar refractivity (Wildman–Crippen MR) is 122 cm³/mol. The number of hydrogen-bond acceptors (Lipinski definition) is 5. The van der Waals surface area contributed by atoms with Crippen LogP contribution in [0.3, 0.4) is 0 Å². The fourth-order valence-electron chi connectivity index (χ4n) is 3.16. The van der Waals surface area contributed by atoms with Crippen molar-refractivity contribution in [2.24, 2.45) is 0 Å². The lowest BCUT2D eigenvalue weighted by molar-refractivity contribution is 0.171. The van der Waals surface area contributed by atoms with Crippen molar-refractivity contribution >= 4 is 0 Å². The molecule has 0 saturated carbocycles. The second-order valence-corrected chi connectivity index (χ2v) is 6.84. The predicted octanol–water partition coefficient (Wildman–Crippen LogP) is 4.28. The second kappa shape index (κ2) is 9.73. The van der Waals surface area contributed by atoms with Gasteiger partial charge in [0, 0.05) is 34.4 Å². The van der Waals surface area contributed by atoms with Crippen molar-refractivity contribution in [2.75, 3.05) is 34.5 Å². The van der Waals surface area contributed by atoms with Gasteiger partial charge in [-0.2, -0.15) is 0 Å². The van der Waals surface area contributed by atoms with Crippen molar-refractivity contribution in [3.8, 4) is 52.4 Å². The summed E-state index contributed by atoms with van der Waals surface area (Å²) in [7, 11) is 4.84. The number of rotatable bonds is 3. The highest BCUT2D eigenvalue weighted by Gasteiger charge is 2.14. The van der Waals surface area contributed by atoms with Crippen LogP contribution >= 0.6 is 0 Å². The molecule has 0 unspecified atom stereocenters. The van der Waals surface area contributed by atoms with E-state index in [4.69, 9.17) is 23.7 Å². The molecular formula is C27H22O5. The molecule has 0 fully saturated rings. The molecule has 0 N–H and O–H groups in total. The molecule has 0 spiro atoms. The zero-order valence-corrected chi connectivity index (χ0v) is 18.2. The molecule has 1 aliphatic rings. The first-order valence-electron chi connectivity index (χ1n) is 10.0. The summed E-state index contributed by atoms with van der Waals surface area (Å²) in [5.74, 6) is 16.2. The van der Waals surface area contributed by atoms with Crippen LogP contribution in [0.15, 0.2) is 54.6 Å². The summed E-state index contributed by atoms with van der Waals surface area (Å²) in [6, 6.07) is 16.9. The Kier molecular flexibility index (Phi) is 6.39. The second-order valence-electron chi connectivity index (χ2n) is 6.84. The maximum Gasteiger partial charge on any atom is 0.162 e. The van der Waals surface area contributed by atoms with Crippen molar-refractivity contribution in [3.63, 3.8) is 0 Å². The van der Waals surface area contributed by atoms with Crippen molar-refractivity contribution in [1.29, 1.82) is 0 Å². The quantitative estimate of drug-likeness (QED) is 0.585. The third-order valence-electron chi connectivity index (χ3n) is 4.84. The standard InChI is InChI=1S/C27H22O5/c1-28-23-11-6-19(7-12-23)4-9-21-17-26-27(32-15-14-31-26)18-22(21)10-5-20-8-13-24(29-2)25(16-20)30-3/h6-8,11-13,16-18H,14-15H2,1-3H3. The van der Waals surface area contributed by atoms with E-state index in [9.17, 15) is 0 Å². The molecule has 1 heterocycles. The van der Waals surface area contributed by atoms with Gasteiger partial charge in [0.2, 0.25) is 0 Å². The fourth-order valence-corrected chi connectivity index (χ4v) is 3.16. The highest BCUT2D eigenvalue weighted by atomic mass is 16.6. The fraction of sp³-hybridized carbons (Fsp3) is 0.185. The van der Waals surface area contributed by atoms with Crippen LogP contribution in [-0.4, -0.2) is 34.5 Å². The highest BCUT2D eigenvalue weighted by molar-refractivity contribution is 5.61. The van der Waals surface area contributed by atoms with E-state index in [1.54, 1.807) is 21.3 Å². The van der Waals surface area contributed by atoms with E-state index in [2.05, 4.69) is 23.7 Å². The SMILES string of the molecule is COc1ccc(C#Cc2cc3c(cc2C#Cc2ccc(OC)c(OC)c2)OCCO3)cc1. The van der Waals surface area contributed by atoms with Gasteiger partial charge in [-0.05, 0) is 42.5 Å². The van der Waals surface area contributed by atoms with Crippen LogP contribution in [0.5, 0.6) is 28.7 Å². The third-order valence-corrected chi connectivity index (χ3v) is 4.84. The molecule has 1 aliphatic heterocycles. The lowest BCUT2D eigenvalue weighted by Crippen LogP contribution is -2.15. The molecule has 5 heteroatoms. The first-order valence-corrected chi connectivity index (χ1v) is 10.0. The maximum absolute atomic E-state index is 5.73. The Balaban J connectivity index is 1.72. The summed E-state index contributed by atoms with van der Waals surface area (Å²) < 4.78 is 27.3. The van der Waals surface area contributed by atoms with Crippen LogP contribution in [0.4, 0.5) is 0 Å². The summed E-state index contributed by atoms with van der Waals surface area (Å²) in [6.07, 6.45) is 0. The number of ether oxygens (including phenoxy) is 5. The summed E-state index contributed by atoms with van der Waals surface area (Å²) in [6.45, 7) is 1.02. The maximum atomic E-state index is 5.73. The van der Waals surface area contributed by atoms with Crippen molar-refractivity contribution in [2.45, 2.75) is 0 Å². The van der Waals surface area contributed by atoms with E-state index in [1.807, 2.05) is 54.6 Å². The summed E-state index contributed by atoms with van der Waals surface area (Å²) in [5, 5.41) is 0. The van der Waals surface area contributed by atoms with Gasteiger partial charge in [0.1, 0.15) is 19.0 Å². The molecule has 0 atom stereocenters. The molecule has 160 valence electrons. The smallest absolute Gasteiger partial charge is 0.162 e. The van der Waals surface area contributed by atoms with Gasteiger partial charge in [-0.25, -0.2) is 0 Å². The molecule has 4 rings (SSSR count). The van der Waals surface area contributed by atoms with Crippen LogP contribution in [0.2, 0.25) is 0 Å². The van der Waals surface area contributed by atoms with Gasteiger partial charge in [0.15, 0.2) is 23.0 Å². The van der Waals surface area contributed by atoms with Crippen molar-refractivity contribution in [1.82, 2.24) is 0 Å². The van der Waals surface area contributed by atoms with Gasteiger partial charge in [-0.15, -0.1) is 0 Å². The van der Waals surface area contributed by atoms with Crippen LogP contribution in [0.25, 0.3) is 0 Å². The van der Waals surface area contributed by atoms with Gasteiger partial charge in [-0.3, -0.25) is 0 Å². The van der Waals surface area contributed by atoms with Crippen LogP contribution in [-0.2, 0) is 0 Å². The van der Waals surface area contributed by atoms with E-state index in [0.29, 0.717) is 36.2 Å². The monoisotopic (exact) mass is 426 g/mol. The first-order chi connectivity index (χ1) is 15.7. The van der Waals surface area contributed by atoms with E-state index in [1.165, 1.54) is 0 Å². The summed E-state index contributed by atoms with van der Waals surface area (Å²) in [4.78, 5) is 0. The average Bonchev–Trinajstić information content (AvgIpc) is 2.86. The number of benzene rings is 3. The van der Waals surface area contributed by atoms with Gasteiger partial charge in [-0.1, -0.05) is 23.7 Å². The molecular weight excluding hydrogens is 404 g/mol. The molecule has 0 aliphatic carbocycles. The normalized spacial score (nSPS) is 11.3. The Hall–Kier alpha value is -4.22. The summed E-state index contributed by atoms with van der Waals surface area (Å²) >= 11 is 0. The van der Waals surface area contributed by atoms with E-state index < -0.39 is 0 Å². The molecule has 3 aromatic carbocycles.